The normalized spacial score (nSPS) is 18.0. The van der Waals surface area contributed by atoms with Gasteiger partial charge >= 0.3 is 5.97 Å². The summed E-state index contributed by atoms with van der Waals surface area (Å²) in [6, 6.07) is 0. The van der Waals surface area contributed by atoms with Crippen LogP contribution < -0.4 is 5.32 Å². The van der Waals surface area contributed by atoms with Crippen LogP contribution in [0, 0.1) is 0 Å². The average molecular weight is 353 g/mol. The molecule has 0 radical (unpaired) electrons. The predicted molar refractivity (Wildman–Crippen MR) is 98.6 cm³/mol. The number of methoxy groups -OCH3 is 1. The van der Waals surface area contributed by atoms with Crippen molar-refractivity contribution in [2.75, 3.05) is 25.5 Å². The summed E-state index contributed by atoms with van der Waals surface area (Å²) in [4.78, 5) is 15.9. The number of aryl methyl sites for hydroxylation is 1. The molecule has 1 aliphatic carbocycles. The molecule has 2 aliphatic rings. The van der Waals surface area contributed by atoms with Crippen LogP contribution in [-0.2, 0) is 17.6 Å². The molecular formula is C17H24N2O2S2. The largest absolute Gasteiger partial charge is 0.465 e. The number of nitrogens with zero attached hydrogens (tertiary/aromatic N) is 1. The second kappa shape index (κ2) is 7.62. The Bertz CT molecular complexity index is 592. The number of likely N-dealkylation sites (tertiary alicyclic amines) is 1. The zero-order valence-corrected chi connectivity index (χ0v) is 15.3. The van der Waals surface area contributed by atoms with Crippen molar-refractivity contribution in [1.29, 1.82) is 0 Å². The number of carbonyl (C=O) groups is 1. The second-order valence-corrected chi connectivity index (χ2v) is 7.73. The summed E-state index contributed by atoms with van der Waals surface area (Å²) in [5, 5.41) is 4.96. The molecule has 0 amide bonds. The minimum absolute atomic E-state index is 0.242. The van der Waals surface area contributed by atoms with Gasteiger partial charge in [-0.05, 0) is 62.7 Å². The zero-order chi connectivity index (χ0) is 16.2. The summed E-state index contributed by atoms with van der Waals surface area (Å²) >= 11 is 7.26. The fraction of sp³-hybridized carbons (Fsp3) is 0.647. The van der Waals surface area contributed by atoms with Crippen LogP contribution in [0.5, 0.6) is 0 Å². The lowest BCUT2D eigenvalue weighted by molar-refractivity contribution is 0.0601. The lowest BCUT2D eigenvalue weighted by Gasteiger charge is -2.29. The Hall–Kier alpha value is -1.14. The Morgan fingerprint density at radius 1 is 1.13 bits per heavy atom. The number of piperidine rings is 1. The number of hydrogen-bond acceptors (Lipinski definition) is 4. The van der Waals surface area contributed by atoms with Crippen molar-refractivity contribution in [3.8, 4) is 0 Å². The molecule has 2 heterocycles. The molecule has 0 saturated carbocycles. The van der Waals surface area contributed by atoms with E-state index in [-0.39, 0.29) is 5.97 Å². The maximum atomic E-state index is 12.3. The summed E-state index contributed by atoms with van der Waals surface area (Å²) in [6.07, 6.45) is 9.25. The van der Waals surface area contributed by atoms with Gasteiger partial charge < -0.3 is 15.0 Å². The summed E-state index contributed by atoms with van der Waals surface area (Å²) < 4.78 is 5.04. The van der Waals surface area contributed by atoms with Crippen LogP contribution >= 0.6 is 23.6 Å². The highest BCUT2D eigenvalue weighted by Crippen LogP contribution is 2.38. The third-order valence-corrected chi connectivity index (χ3v) is 6.24. The van der Waals surface area contributed by atoms with E-state index in [1.54, 1.807) is 11.3 Å². The molecule has 23 heavy (non-hydrogen) atoms. The zero-order valence-electron chi connectivity index (χ0n) is 13.7. The molecule has 1 aromatic heterocycles. The Morgan fingerprint density at radius 2 is 1.83 bits per heavy atom. The fourth-order valence-corrected chi connectivity index (χ4v) is 5.05. The third-order valence-electron chi connectivity index (χ3n) is 4.67. The summed E-state index contributed by atoms with van der Waals surface area (Å²) in [7, 11) is 1.45. The van der Waals surface area contributed by atoms with Crippen molar-refractivity contribution < 1.29 is 9.53 Å². The van der Waals surface area contributed by atoms with E-state index in [0.29, 0.717) is 5.56 Å². The van der Waals surface area contributed by atoms with E-state index in [0.717, 1.165) is 42.5 Å². The van der Waals surface area contributed by atoms with E-state index in [9.17, 15) is 4.79 Å². The third kappa shape index (κ3) is 3.69. The van der Waals surface area contributed by atoms with Gasteiger partial charge in [0.05, 0.1) is 12.7 Å². The molecular weight excluding hydrogens is 328 g/mol. The van der Waals surface area contributed by atoms with E-state index < -0.39 is 0 Å². The number of rotatable bonds is 2. The lowest BCUT2D eigenvalue weighted by Crippen LogP contribution is -2.38. The molecule has 0 spiro atoms. The quantitative estimate of drug-likeness (QED) is 0.495. The molecule has 1 aliphatic heterocycles. The number of thiophene rings is 1. The van der Waals surface area contributed by atoms with Crippen molar-refractivity contribution in [3.63, 3.8) is 0 Å². The Morgan fingerprint density at radius 3 is 2.57 bits per heavy atom. The van der Waals surface area contributed by atoms with E-state index in [1.165, 1.54) is 49.7 Å². The van der Waals surface area contributed by atoms with Gasteiger partial charge in [-0.1, -0.05) is 6.42 Å². The summed E-state index contributed by atoms with van der Waals surface area (Å²) in [5.41, 5.74) is 1.90. The van der Waals surface area contributed by atoms with Gasteiger partial charge in [0.25, 0.3) is 0 Å². The van der Waals surface area contributed by atoms with Crippen LogP contribution in [0.25, 0.3) is 0 Å². The number of thiocarbonyl (C=S) groups is 1. The molecule has 3 rings (SSSR count). The molecule has 1 saturated heterocycles. The first-order chi connectivity index (χ1) is 11.2. The standard InChI is InChI=1S/C17H24N2O2S2/c1-21-16(20)14-12-8-4-2-5-9-13(12)23-15(14)18-17(22)19-10-6-3-7-11-19/h2-11H2,1H3,(H,18,22). The molecule has 1 N–H and O–H groups in total. The number of nitrogens with one attached hydrogen (secondary N) is 1. The van der Waals surface area contributed by atoms with E-state index in [1.807, 2.05) is 0 Å². The van der Waals surface area contributed by atoms with Crippen LogP contribution in [0.1, 0.15) is 59.3 Å². The van der Waals surface area contributed by atoms with Crippen molar-refractivity contribution in [1.82, 2.24) is 4.90 Å². The van der Waals surface area contributed by atoms with E-state index in [4.69, 9.17) is 17.0 Å². The molecule has 0 unspecified atom stereocenters. The smallest absolute Gasteiger partial charge is 0.341 e. The molecule has 4 nitrogen and oxygen atoms in total. The molecule has 126 valence electrons. The van der Waals surface area contributed by atoms with Gasteiger partial charge in [-0.3, -0.25) is 0 Å². The van der Waals surface area contributed by atoms with E-state index in [2.05, 4.69) is 10.2 Å². The van der Waals surface area contributed by atoms with Crippen molar-refractivity contribution in [2.24, 2.45) is 0 Å². The monoisotopic (exact) mass is 352 g/mol. The summed E-state index contributed by atoms with van der Waals surface area (Å²) in [5.74, 6) is -0.242. The van der Waals surface area contributed by atoms with Gasteiger partial charge in [0, 0.05) is 18.0 Å². The van der Waals surface area contributed by atoms with Gasteiger partial charge in [0.1, 0.15) is 5.00 Å². The Kier molecular flexibility index (Phi) is 5.54. The first-order valence-electron chi connectivity index (χ1n) is 8.49. The first kappa shape index (κ1) is 16.7. The van der Waals surface area contributed by atoms with Crippen LogP contribution in [0.4, 0.5) is 5.00 Å². The van der Waals surface area contributed by atoms with Crippen LogP contribution in [0.2, 0.25) is 0 Å². The highest BCUT2D eigenvalue weighted by atomic mass is 32.1. The number of fused-ring (bicyclic) bond motifs is 1. The van der Waals surface area contributed by atoms with Crippen LogP contribution in [0.3, 0.4) is 0 Å². The number of anilines is 1. The minimum atomic E-state index is -0.242. The molecule has 1 aromatic rings. The maximum Gasteiger partial charge on any atom is 0.341 e. The van der Waals surface area contributed by atoms with Crippen molar-refractivity contribution in [3.05, 3.63) is 16.0 Å². The van der Waals surface area contributed by atoms with Crippen LogP contribution in [-0.4, -0.2) is 36.2 Å². The van der Waals surface area contributed by atoms with Crippen LogP contribution in [0.15, 0.2) is 0 Å². The van der Waals surface area contributed by atoms with Gasteiger partial charge in [-0.25, -0.2) is 4.79 Å². The topological polar surface area (TPSA) is 41.6 Å². The lowest BCUT2D eigenvalue weighted by atomic mass is 10.1. The molecule has 1 fully saturated rings. The molecule has 0 atom stereocenters. The minimum Gasteiger partial charge on any atom is -0.465 e. The average Bonchev–Trinajstić information content (AvgIpc) is 2.76. The number of hydrogen-bond donors (Lipinski definition) is 1. The van der Waals surface area contributed by atoms with Gasteiger partial charge in [-0.2, -0.15) is 0 Å². The van der Waals surface area contributed by atoms with Gasteiger partial charge in [0.2, 0.25) is 0 Å². The molecule has 0 bridgehead atoms. The molecule has 6 heteroatoms. The highest BCUT2D eigenvalue weighted by molar-refractivity contribution is 7.80. The van der Waals surface area contributed by atoms with Crippen molar-refractivity contribution in [2.45, 2.75) is 51.4 Å². The maximum absolute atomic E-state index is 12.3. The first-order valence-corrected chi connectivity index (χ1v) is 9.72. The Labute approximate surface area is 147 Å². The van der Waals surface area contributed by atoms with Gasteiger partial charge in [0.15, 0.2) is 5.11 Å². The SMILES string of the molecule is COC(=O)c1c(NC(=S)N2CCCCC2)sc2c1CCCCC2. The van der Waals surface area contributed by atoms with Gasteiger partial charge in [-0.15, -0.1) is 11.3 Å². The Balaban J connectivity index is 1.85. The fourth-order valence-electron chi connectivity index (χ4n) is 3.42. The number of esters is 1. The van der Waals surface area contributed by atoms with Crippen molar-refractivity contribution >= 4 is 39.6 Å². The highest BCUT2D eigenvalue weighted by Gasteiger charge is 2.26. The predicted octanol–water partition coefficient (Wildman–Crippen LogP) is 3.99. The molecule has 0 aromatic carbocycles. The number of carbonyl (C=O) groups excluding carboxylic acids is 1. The second-order valence-electron chi connectivity index (χ2n) is 6.24. The summed E-state index contributed by atoms with van der Waals surface area (Å²) in [6.45, 7) is 2.01. The van der Waals surface area contributed by atoms with E-state index >= 15 is 0 Å². The number of ether oxygens (including phenoxy) is 1.